The van der Waals surface area contributed by atoms with Crippen LogP contribution in [-0.2, 0) is 12.8 Å². The van der Waals surface area contributed by atoms with Gasteiger partial charge in [-0.1, -0.05) is 6.42 Å². The van der Waals surface area contributed by atoms with Crippen molar-refractivity contribution in [1.29, 1.82) is 0 Å². The summed E-state index contributed by atoms with van der Waals surface area (Å²) < 4.78 is 2.20. The zero-order valence-corrected chi connectivity index (χ0v) is 11.1. The normalized spacial score (nSPS) is 29.0. The molecule has 1 aromatic rings. The molecule has 0 saturated carbocycles. The van der Waals surface area contributed by atoms with E-state index >= 15 is 0 Å². The van der Waals surface area contributed by atoms with E-state index in [4.69, 9.17) is 10.7 Å². The Morgan fingerprint density at radius 1 is 1.35 bits per heavy atom. The Morgan fingerprint density at radius 2 is 2.29 bits per heavy atom. The molecule has 0 aromatic carbocycles. The molecule has 2 N–H and O–H groups in total. The zero-order chi connectivity index (χ0) is 11.7. The summed E-state index contributed by atoms with van der Waals surface area (Å²) in [6, 6.07) is 0. The zero-order valence-electron chi connectivity index (χ0n) is 10.3. The number of hydrogen-bond donors (Lipinski definition) is 1. The number of fused-ring (bicyclic) bond motifs is 1. The molecule has 94 valence electrons. The molecule has 1 saturated heterocycles. The minimum absolute atomic E-state index is 0.166. The van der Waals surface area contributed by atoms with Crippen molar-refractivity contribution in [2.75, 3.05) is 5.75 Å². The molecule has 2 aliphatic heterocycles. The van der Waals surface area contributed by atoms with Gasteiger partial charge in [0.1, 0.15) is 5.82 Å². The van der Waals surface area contributed by atoms with Gasteiger partial charge in [-0.15, -0.1) is 0 Å². The third-order valence-corrected chi connectivity index (χ3v) is 5.23. The predicted molar refractivity (Wildman–Crippen MR) is 72.2 cm³/mol. The number of nitrogens with zero attached hydrogens (tertiary/aromatic N) is 2. The van der Waals surface area contributed by atoms with Gasteiger partial charge >= 0.3 is 0 Å². The second-order valence-electron chi connectivity index (χ2n) is 5.21. The first kappa shape index (κ1) is 11.6. The van der Waals surface area contributed by atoms with E-state index in [1.165, 1.54) is 43.0 Å². The molecule has 1 fully saturated rings. The van der Waals surface area contributed by atoms with Crippen molar-refractivity contribution in [3.05, 3.63) is 17.7 Å². The second kappa shape index (κ2) is 5.02. The molecule has 17 heavy (non-hydrogen) atoms. The van der Waals surface area contributed by atoms with E-state index in [-0.39, 0.29) is 6.17 Å². The van der Waals surface area contributed by atoms with Crippen molar-refractivity contribution in [2.45, 2.75) is 56.4 Å². The summed E-state index contributed by atoms with van der Waals surface area (Å²) >= 11 is 2.12. The fourth-order valence-corrected chi connectivity index (χ4v) is 4.19. The van der Waals surface area contributed by atoms with Crippen LogP contribution < -0.4 is 5.73 Å². The van der Waals surface area contributed by atoms with Gasteiger partial charge in [-0.25, -0.2) is 4.98 Å². The van der Waals surface area contributed by atoms with Gasteiger partial charge in [0.2, 0.25) is 0 Å². The van der Waals surface area contributed by atoms with Crippen LogP contribution in [0.3, 0.4) is 0 Å². The fraction of sp³-hybridized carbons (Fsp3) is 0.769. The molecular formula is C13H21N3S. The summed E-state index contributed by atoms with van der Waals surface area (Å²) in [5.74, 6) is 2.54. The van der Waals surface area contributed by atoms with Crippen LogP contribution in [0, 0.1) is 0 Å². The Morgan fingerprint density at radius 3 is 3.06 bits per heavy atom. The van der Waals surface area contributed by atoms with Crippen LogP contribution in [0.1, 0.15) is 49.8 Å². The molecule has 0 bridgehead atoms. The highest BCUT2D eigenvalue weighted by Crippen LogP contribution is 2.29. The molecule has 2 unspecified atom stereocenters. The summed E-state index contributed by atoms with van der Waals surface area (Å²) in [5, 5.41) is 0.789. The average Bonchev–Trinajstić information content (AvgIpc) is 2.74. The van der Waals surface area contributed by atoms with E-state index in [1.54, 1.807) is 0 Å². The molecule has 3 nitrogen and oxygen atoms in total. The molecular weight excluding hydrogens is 230 g/mol. The highest BCUT2D eigenvalue weighted by molar-refractivity contribution is 7.99. The van der Waals surface area contributed by atoms with E-state index in [2.05, 4.69) is 22.5 Å². The number of rotatable bonds is 2. The molecule has 0 aliphatic carbocycles. The maximum Gasteiger partial charge on any atom is 0.110 e. The van der Waals surface area contributed by atoms with Gasteiger partial charge in [-0.3, -0.25) is 0 Å². The lowest BCUT2D eigenvalue weighted by atomic mass is 10.1. The van der Waals surface area contributed by atoms with Crippen LogP contribution in [0.15, 0.2) is 6.20 Å². The largest absolute Gasteiger partial charge is 0.319 e. The minimum atomic E-state index is 0.166. The second-order valence-corrected chi connectivity index (χ2v) is 6.62. The Bertz CT molecular complexity index is 382. The first-order valence-corrected chi connectivity index (χ1v) is 7.81. The molecule has 1 aromatic heterocycles. The van der Waals surface area contributed by atoms with Crippen molar-refractivity contribution in [3.8, 4) is 0 Å². The molecule has 2 aliphatic rings. The summed E-state index contributed by atoms with van der Waals surface area (Å²) in [6.45, 7) is 0. The molecule has 4 heteroatoms. The Balaban J connectivity index is 1.71. The third-order valence-electron chi connectivity index (χ3n) is 3.83. The molecule has 3 heterocycles. The highest BCUT2D eigenvalue weighted by atomic mass is 32.2. The Hall–Kier alpha value is -0.480. The summed E-state index contributed by atoms with van der Waals surface area (Å²) in [7, 11) is 0. The quantitative estimate of drug-likeness (QED) is 0.878. The lowest BCUT2D eigenvalue weighted by Gasteiger charge is -2.20. The Labute approximate surface area is 107 Å². The fourth-order valence-electron chi connectivity index (χ4n) is 2.87. The van der Waals surface area contributed by atoms with Crippen molar-refractivity contribution < 1.29 is 0 Å². The number of imidazole rings is 1. The van der Waals surface area contributed by atoms with Gasteiger partial charge in [0.25, 0.3) is 0 Å². The van der Waals surface area contributed by atoms with Crippen molar-refractivity contribution in [2.24, 2.45) is 5.73 Å². The summed E-state index contributed by atoms with van der Waals surface area (Å²) in [4.78, 5) is 4.76. The van der Waals surface area contributed by atoms with Crippen LogP contribution in [-0.4, -0.2) is 20.6 Å². The van der Waals surface area contributed by atoms with E-state index in [9.17, 15) is 0 Å². The SMILES string of the molecule is NC1CCCc2nc(CC3CCCCS3)cn21. The molecule has 0 amide bonds. The van der Waals surface area contributed by atoms with E-state index < -0.39 is 0 Å². The molecule has 2 atom stereocenters. The summed E-state index contributed by atoms with van der Waals surface area (Å²) in [6.07, 6.45) is 11.0. The van der Waals surface area contributed by atoms with Crippen LogP contribution >= 0.6 is 11.8 Å². The van der Waals surface area contributed by atoms with Gasteiger partial charge in [-0.2, -0.15) is 11.8 Å². The number of thioether (sulfide) groups is 1. The van der Waals surface area contributed by atoms with E-state index in [1.807, 2.05) is 0 Å². The van der Waals surface area contributed by atoms with Crippen molar-refractivity contribution in [3.63, 3.8) is 0 Å². The monoisotopic (exact) mass is 251 g/mol. The number of aromatic nitrogens is 2. The van der Waals surface area contributed by atoms with Crippen LogP contribution in [0.4, 0.5) is 0 Å². The topological polar surface area (TPSA) is 43.8 Å². The minimum Gasteiger partial charge on any atom is -0.319 e. The molecule has 3 rings (SSSR count). The standard InChI is InChI=1S/C13H21N3S/c14-12-5-3-6-13-15-10(9-16(12)13)8-11-4-1-2-7-17-11/h9,11-12H,1-8,14H2. The first-order valence-electron chi connectivity index (χ1n) is 6.77. The molecule has 0 spiro atoms. The molecule has 0 radical (unpaired) electrons. The first-order chi connectivity index (χ1) is 8.33. The predicted octanol–water partition coefficient (Wildman–Crippen LogP) is 2.50. The van der Waals surface area contributed by atoms with Gasteiger partial charge < -0.3 is 10.3 Å². The lowest BCUT2D eigenvalue weighted by molar-refractivity contribution is 0.408. The highest BCUT2D eigenvalue weighted by Gasteiger charge is 2.21. The van der Waals surface area contributed by atoms with E-state index in [0.717, 1.165) is 24.5 Å². The van der Waals surface area contributed by atoms with Crippen molar-refractivity contribution in [1.82, 2.24) is 9.55 Å². The lowest BCUT2D eigenvalue weighted by Crippen LogP contribution is -2.24. The van der Waals surface area contributed by atoms with Gasteiger partial charge in [0.15, 0.2) is 0 Å². The smallest absolute Gasteiger partial charge is 0.110 e. The van der Waals surface area contributed by atoms with Crippen molar-refractivity contribution >= 4 is 11.8 Å². The van der Waals surface area contributed by atoms with Gasteiger partial charge in [0.05, 0.1) is 11.9 Å². The van der Waals surface area contributed by atoms with Crippen LogP contribution in [0.2, 0.25) is 0 Å². The third kappa shape index (κ3) is 2.52. The summed E-state index contributed by atoms with van der Waals surface area (Å²) in [5.41, 5.74) is 7.37. The van der Waals surface area contributed by atoms with Crippen LogP contribution in [0.5, 0.6) is 0 Å². The maximum atomic E-state index is 6.11. The van der Waals surface area contributed by atoms with Crippen LogP contribution in [0.25, 0.3) is 0 Å². The van der Waals surface area contributed by atoms with Gasteiger partial charge in [-0.05, 0) is 31.4 Å². The Kier molecular flexibility index (Phi) is 3.43. The number of hydrogen-bond acceptors (Lipinski definition) is 3. The van der Waals surface area contributed by atoms with E-state index in [0.29, 0.717) is 0 Å². The average molecular weight is 251 g/mol. The maximum absolute atomic E-state index is 6.11. The number of aryl methyl sites for hydroxylation is 1. The number of nitrogens with two attached hydrogens (primary N) is 1. The van der Waals surface area contributed by atoms with Gasteiger partial charge in [0, 0.05) is 24.3 Å².